The van der Waals surface area contributed by atoms with Gasteiger partial charge in [-0.1, -0.05) is 12.1 Å². The van der Waals surface area contributed by atoms with Crippen LogP contribution in [0.25, 0.3) is 0 Å². The summed E-state index contributed by atoms with van der Waals surface area (Å²) in [5.41, 5.74) is 7.92. The highest BCUT2D eigenvalue weighted by Gasteiger charge is 2.13. The fourth-order valence-corrected chi connectivity index (χ4v) is 1.69. The minimum Gasteiger partial charge on any atom is -0.329 e. The first-order chi connectivity index (χ1) is 6.81. The molecule has 3 heteroatoms. The van der Waals surface area contributed by atoms with Crippen LogP contribution in [0.2, 0.25) is 0 Å². The van der Waals surface area contributed by atoms with Crippen molar-refractivity contribution in [3.8, 4) is 0 Å². The molecule has 0 fully saturated rings. The van der Waals surface area contributed by atoms with E-state index in [1.165, 1.54) is 11.3 Å². The smallest absolute Gasteiger partial charge is 0.100 e. The van der Waals surface area contributed by atoms with Gasteiger partial charge in [-0.15, -0.1) is 0 Å². The molecule has 0 unspecified atom stereocenters. The quantitative estimate of drug-likeness (QED) is 0.763. The number of aliphatic imine (C=N–C) groups is 1. The summed E-state index contributed by atoms with van der Waals surface area (Å²) in [5, 5.41) is 0. The second-order valence-electron chi connectivity index (χ2n) is 3.45. The summed E-state index contributed by atoms with van der Waals surface area (Å²) >= 11 is 0. The van der Waals surface area contributed by atoms with Crippen LogP contribution in [-0.2, 0) is 6.54 Å². The van der Waals surface area contributed by atoms with E-state index in [4.69, 9.17) is 5.73 Å². The van der Waals surface area contributed by atoms with E-state index < -0.39 is 0 Å². The zero-order valence-electron chi connectivity index (χ0n) is 8.40. The molecule has 1 aromatic carbocycles. The van der Waals surface area contributed by atoms with Gasteiger partial charge in [0.2, 0.25) is 0 Å². The van der Waals surface area contributed by atoms with Crippen LogP contribution in [0.4, 0.5) is 5.69 Å². The topological polar surface area (TPSA) is 41.6 Å². The van der Waals surface area contributed by atoms with E-state index in [0.29, 0.717) is 6.54 Å². The van der Waals surface area contributed by atoms with Gasteiger partial charge in [0.05, 0.1) is 6.54 Å². The molecule has 1 aliphatic rings. The van der Waals surface area contributed by atoms with E-state index >= 15 is 0 Å². The summed E-state index contributed by atoms with van der Waals surface area (Å²) in [6.45, 7) is 4.55. The number of hydrogen-bond donors (Lipinski definition) is 1. The van der Waals surface area contributed by atoms with Crippen LogP contribution in [0, 0.1) is 0 Å². The van der Waals surface area contributed by atoms with Crippen LogP contribution in [0.15, 0.2) is 29.3 Å². The van der Waals surface area contributed by atoms with Gasteiger partial charge in [-0.05, 0) is 24.6 Å². The molecule has 74 valence electrons. The zero-order chi connectivity index (χ0) is 9.97. The Labute approximate surface area is 84.2 Å². The van der Waals surface area contributed by atoms with Gasteiger partial charge < -0.3 is 10.6 Å². The zero-order valence-corrected chi connectivity index (χ0v) is 8.40. The van der Waals surface area contributed by atoms with Crippen molar-refractivity contribution in [3.05, 3.63) is 29.8 Å². The molecule has 0 spiro atoms. The van der Waals surface area contributed by atoms with E-state index in [1.807, 2.05) is 6.92 Å². The molecule has 0 radical (unpaired) electrons. The molecular formula is C11H15N3. The normalized spacial score (nSPS) is 15.9. The molecule has 2 rings (SSSR count). The Bertz CT molecular complexity index is 340. The predicted molar refractivity (Wildman–Crippen MR) is 59.7 cm³/mol. The van der Waals surface area contributed by atoms with Crippen molar-refractivity contribution in [1.29, 1.82) is 0 Å². The van der Waals surface area contributed by atoms with Crippen LogP contribution >= 0.6 is 0 Å². The Morgan fingerprint density at radius 2 is 2.07 bits per heavy atom. The first-order valence-electron chi connectivity index (χ1n) is 4.89. The number of anilines is 1. The monoisotopic (exact) mass is 189 g/mol. The summed E-state index contributed by atoms with van der Waals surface area (Å²) in [4.78, 5) is 6.58. The van der Waals surface area contributed by atoms with E-state index in [9.17, 15) is 0 Å². The molecule has 0 aromatic heterocycles. The lowest BCUT2D eigenvalue weighted by molar-refractivity contribution is 1.02. The predicted octanol–water partition coefficient (Wildman–Crippen LogP) is 1.38. The van der Waals surface area contributed by atoms with Crippen LogP contribution in [0.3, 0.4) is 0 Å². The summed E-state index contributed by atoms with van der Waals surface area (Å²) in [6, 6.07) is 8.35. The number of amidine groups is 1. The first-order valence-corrected chi connectivity index (χ1v) is 4.89. The number of benzene rings is 1. The van der Waals surface area contributed by atoms with Crippen molar-refractivity contribution in [2.24, 2.45) is 10.7 Å². The molecule has 0 aliphatic carbocycles. The Balaban J connectivity index is 2.21. The lowest BCUT2D eigenvalue weighted by Crippen LogP contribution is -2.24. The molecule has 0 atom stereocenters. The van der Waals surface area contributed by atoms with Crippen molar-refractivity contribution in [3.63, 3.8) is 0 Å². The molecule has 0 saturated heterocycles. The summed E-state index contributed by atoms with van der Waals surface area (Å²) in [5.74, 6) is 1.10. The van der Waals surface area contributed by atoms with Gasteiger partial charge in [0.1, 0.15) is 5.84 Å². The summed E-state index contributed by atoms with van der Waals surface area (Å²) < 4.78 is 0. The fourth-order valence-electron chi connectivity index (χ4n) is 1.69. The molecule has 14 heavy (non-hydrogen) atoms. The highest BCUT2D eigenvalue weighted by molar-refractivity contribution is 5.97. The van der Waals surface area contributed by atoms with Crippen molar-refractivity contribution < 1.29 is 0 Å². The molecule has 0 saturated carbocycles. The lowest BCUT2D eigenvalue weighted by atomic mass is 10.2. The van der Waals surface area contributed by atoms with Gasteiger partial charge in [-0.3, -0.25) is 4.99 Å². The number of rotatable bonds is 2. The van der Waals surface area contributed by atoms with Crippen LogP contribution < -0.4 is 10.6 Å². The van der Waals surface area contributed by atoms with E-state index in [1.54, 1.807) is 0 Å². The third kappa shape index (κ3) is 1.63. The van der Waals surface area contributed by atoms with Crippen molar-refractivity contribution in [2.45, 2.75) is 13.5 Å². The van der Waals surface area contributed by atoms with Gasteiger partial charge in [0, 0.05) is 18.8 Å². The molecule has 0 amide bonds. The maximum Gasteiger partial charge on any atom is 0.100 e. The standard InChI is InChI=1S/C11H15N3/c1-9-13-6-7-14(9)11-4-2-10(8-12)3-5-11/h2-5H,6-8,12H2,1H3. The average molecular weight is 189 g/mol. The SMILES string of the molecule is CC1=NCCN1c1ccc(CN)cc1. The van der Waals surface area contributed by atoms with Crippen LogP contribution in [-0.4, -0.2) is 18.9 Å². The van der Waals surface area contributed by atoms with E-state index in [-0.39, 0.29) is 0 Å². The molecule has 1 heterocycles. The van der Waals surface area contributed by atoms with Gasteiger partial charge in [0.25, 0.3) is 0 Å². The van der Waals surface area contributed by atoms with Gasteiger partial charge in [-0.2, -0.15) is 0 Å². The van der Waals surface area contributed by atoms with E-state index in [0.717, 1.165) is 18.9 Å². The molecule has 0 bridgehead atoms. The molecule has 1 aliphatic heterocycles. The Hall–Kier alpha value is -1.35. The van der Waals surface area contributed by atoms with E-state index in [2.05, 4.69) is 34.2 Å². The lowest BCUT2D eigenvalue weighted by Gasteiger charge is -2.18. The van der Waals surface area contributed by atoms with Crippen molar-refractivity contribution in [2.75, 3.05) is 18.0 Å². The molecule has 1 aromatic rings. The molecule has 3 nitrogen and oxygen atoms in total. The number of nitrogens with zero attached hydrogens (tertiary/aromatic N) is 2. The van der Waals surface area contributed by atoms with Crippen LogP contribution in [0.5, 0.6) is 0 Å². The fraction of sp³-hybridized carbons (Fsp3) is 0.364. The Morgan fingerprint density at radius 3 is 2.57 bits per heavy atom. The summed E-state index contributed by atoms with van der Waals surface area (Å²) in [7, 11) is 0. The highest BCUT2D eigenvalue weighted by Crippen LogP contribution is 2.18. The molecular weight excluding hydrogens is 174 g/mol. The molecule has 2 N–H and O–H groups in total. The third-order valence-electron chi connectivity index (χ3n) is 2.54. The van der Waals surface area contributed by atoms with Gasteiger partial charge >= 0.3 is 0 Å². The second kappa shape index (κ2) is 3.80. The average Bonchev–Trinajstić information content (AvgIpc) is 2.65. The van der Waals surface area contributed by atoms with Gasteiger partial charge in [-0.25, -0.2) is 0 Å². The van der Waals surface area contributed by atoms with Crippen molar-refractivity contribution >= 4 is 11.5 Å². The van der Waals surface area contributed by atoms with Gasteiger partial charge in [0.15, 0.2) is 0 Å². The second-order valence-corrected chi connectivity index (χ2v) is 3.45. The van der Waals surface area contributed by atoms with Crippen LogP contribution in [0.1, 0.15) is 12.5 Å². The minimum absolute atomic E-state index is 0.605. The Kier molecular flexibility index (Phi) is 2.50. The minimum atomic E-state index is 0.605. The third-order valence-corrected chi connectivity index (χ3v) is 2.54. The summed E-state index contributed by atoms with van der Waals surface area (Å²) in [6.07, 6.45) is 0. The van der Waals surface area contributed by atoms with Crippen molar-refractivity contribution in [1.82, 2.24) is 0 Å². The maximum atomic E-state index is 5.54. The first kappa shape index (κ1) is 9.21. The maximum absolute atomic E-state index is 5.54. The highest BCUT2D eigenvalue weighted by atomic mass is 15.2. The Morgan fingerprint density at radius 1 is 1.36 bits per heavy atom. The largest absolute Gasteiger partial charge is 0.329 e. The number of nitrogens with two attached hydrogens (primary N) is 1. The number of hydrogen-bond acceptors (Lipinski definition) is 3.